The maximum absolute atomic E-state index is 6.16. The Hall–Kier alpha value is -0.780. The zero-order chi connectivity index (χ0) is 13.9. The molecule has 0 amide bonds. The topological polar surface area (TPSA) is 39.7 Å². The molecule has 5 heteroatoms. The van der Waals surface area contributed by atoms with Crippen molar-refractivity contribution in [1.29, 1.82) is 0 Å². The minimum absolute atomic E-state index is 0.0187. The van der Waals surface area contributed by atoms with Crippen LogP contribution < -0.4 is 14.8 Å². The van der Waals surface area contributed by atoms with E-state index in [0.29, 0.717) is 6.10 Å². The van der Waals surface area contributed by atoms with Crippen LogP contribution in [0.5, 0.6) is 11.5 Å². The third-order valence-corrected chi connectivity index (χ3v) is 4.34. The van der Waals surface area contributed by atoms with Crippen LogP contribution in [0.25, 0.3) is 0 Å². The predicted molar refractivity (Wildman–Crippen MR) is 80.5 cm³/mol. The van der Waals surface area contributed by atoms with Gasteiger partial charge in [-0.25, -0.2) is 0 Å². The lowest BCUT2D eigenvalue weighted by Crippen LogP contribution is -2.34. The Balaban J connectivity index is 1.93. The molecule has 1 saturated heterocycles. The first-order valence-corrected chi connectivity index (χ1v) is 7.93. The van der Waals surface area contributed by atoms with E-state index >= 15 is 0 Å². The minimum atomic E-state index is 0.0187. The second kappa shape index (κ2) is 6.33. The van der Waals surface area contributed by atoms with Gasteiger partial charge in [-0.3, -0.25) is 0 Å². The van der Waals surface area contributed by atoms with Gasteiger partial charge in [0.1, 0.15) is 0 Å². The van der Waals surface area contributed by atoms with E-state index in [0.717, 1.165) is 54.1 Å². The SMILES string of the molecule is COc1cc(Br)cc(C2CNCCO2)c1OC1CCC1. The maximum Gasteiger partial charge on any atom is 0.167 e. The van der Waals surface area contributed by atoms with Gasteiger partial charge in [-0.05, 0) is 31.4 Å². The number of rotatable bonds is 4. The summed E-state index contributed by atoms with van der Waals surface area (Å²) in [6, 6.07) is 4.03. The van der Waals surface area contributed by atoms with Crippen LogP contribution in [0, 0.1) is 0 Å². The van der Waals surface area contributed by atoms with Gasteiger partial charge in [-0.15, -0.1) is 0 Å². The molecule has 1 saturated carbocycles. The van der Waals surface area contributed by atoms with Crippen molar-refractivity contribution in [2.24, 2.45) is 0 Å². The second-order valence-corrected chi connectivity index (χ2v) is 6.18. The van der Waals surface area contributed by atoms with Gasteiger partial charge in [0.25, 0.3) is 0 Å². The number of benzene rings is 1. The van der Waals surface area contributed by atoms with Crippen LogP contribution in [-0.2, 0) is 4.74 Å². The van der Waals surface area contributed by atoms with E-state index in [1.54, 1.807) is 7.11 Å². The molecule has 1 aromatic carbocycles. The highest BCUT2D eigenvalue weighted by atomic mass is 79.9. The van der Waals surface area contributed by atoms with E-state index < -0.39 is 0 Å². The summed E-state index contributed by atoms with van der Waals surface area (Å²) in [5.41, 5.74) is 1.07. The molecule has 0 radical (unpaired) electrons. The molecule has 1 heterocycles. The Morgan fingerprint density at radius 3 is 2.80 bits per heavy atom. The van der Waals surface area contributed by atoms with Crippen LogP contribution in [0.2, 0.25) is 0 Å². The Morgan fingerprint density at radius 2 is 2.20 bits per heavy atom. The number of methoxy groups -OCH3 is 1. The van der Waals surface area contributed by atoms with Gasteiger partial charge in [-0.1, -0.05) is 15.9 Å². The molecule has 1 aliphatic carbocycles. The van der Waals surface area contributed by atoms with Crippen LogP contribution in [0.15, 0.2) is 16.6 Å². The Kier molecular flexibility index (Phi) is 4.48. The van der Waals surface area contributed by atoms with Crippen LogP contribution in [-0.4, -0.2) is 32.9 Å². The van der Waals surface area contributed by atoms with Crippen molar-refractivity contribution in [3.8, 4) is 11.5 Å². The van der Waals surface area contributed by atoms with Crippen LogP contribution >= 0.6 is 15.9 Å². The molecule has 2 aliphatic rings. The van der Waals surface area contributed by atoms with Crippen molar-refractivity contribution in [1.82, 2.24) is 5.32 Å². The van der Waals surface area contributed by atoms with E-state index in [1.807, 2.05) is 6.07 Å². The first-order chi connectivity index (χ1) is 9.78. The minimum Gasteiger partial charge on any atom is -0.493 e. The summed E-state index contributed by atoms with van der Waals surface area (Å²) in [6.45, 7) is 2.43. The lowest BCUT2D eigenvalue weighted by atomic mass is 9.96. The average molecular weight is 342 g/mol. The number of nitrogens with one attached hydrogen (secondary N) is 1. The molecule has 0 spiro atoms. The molecule has 110 valence electrons. The summed E-state index contributed by atoms with van der Waals surface area (Å²) in [5.74, 6) is 1.62. The Labute approximate surface area is 127 Å². The smallest absolute Gasteiger partial charge is 0.167 e. The number of ether oxygens (including phenoxy) is 3. The maximum atomic E-state index is 6.16. The molecule has 1 aromatic rings. The normalized spacial score (nSPS) is 23.2. The molecule has 1 unspecified atom stereocenters. The number of halogens is 1. The summed E-state index contributed by atoms with van der Waals surface area (Å²) in [7, 11) is 1.68. The number of morpholine rings is 1. The molecular formula is C15H20BrNO3. The van der Waals surface area contributed by atoms with Crippen molar-refractivity contribution in [3.63, 3.8) is 0 Å². The first-order valence-electron chi connectivity index (χ1n) is 7.14. The zero-order valence-corrected chi connectivity index (χ0v) is 13.2. The van der Waals surface area contributed by atoms with Gasteiger partial charge < -0.3 is 19.5 Å². The monoisotopic (exact) mass is 341 g/mol. The Bertz CT molecular complexity index is 470. The van der Waals surface area contributed by atoms with Crippen molar-refractivity contribution in [2.75, 3.05) is 26.8 Å². The quantitative estimate of drug-likeness (QED) is 0.913. The zero-order valence-electron chi connectivity index (χ0n) is 11.7. The van der Waals surface area contributed by atoms with Gasteiger partial charge in [0, 0.05) is 23.1 Å². The molecule has 4 nitrogen and oxygen atoms in total. The van der Waals surface area contributed by atoms with E-state index in [-0.39, 0.29) is 6.10 Å². The fraction of sp³-hybridized carbons (Fsp3) is 0.600. The molecular weight excluding hydrogens is 322 g/mol. The van der Waals surface area contributed by atoms with Crippen molar-refractivity contribution in [2.45, 2.75) is 31.5 Å². The van der Waals surface area contributed by atoms with Gasteiger partial charge in [0.15, 0.2) is 11.5 Å². The first kappa shape index (κ1) is 14.2. The molecule has 1 atom stereocenters. The fourth-order valence-electron chi connectivity index (χ4n) is 2.53. The molecule has 0 aromatic heterocycles. The highest BCUT2D eigenvalue weighted by Gasteiger charge is 2.27. The third kappa shape index (κ3) is 2.95. The lowest BCUT2D eigenvalue weighted by Gasteiger charge is -2.31. The van der Waals surface area contributed by atoms with Gasteiger partial charge in [0.2, 0.25) is 0 Å². The number of hydrogen-bond acceptors (Lipinski definition) is 4. The third-order valence-electron chi connectivity index (χ3n) is 3.88. The van der Waals surface area contributed by atoms with E-state index in [9.17, 15) is 0 Å². The lowest BCUT2D eigenvalue weighted by molar-refractivity contribution is 0.0229. The van der Waals surface area contributed by atoms with Gasteiger partial charge in [-0.2, -0.15) is 0 Å². The van der Waals surface area contributed by atoms with E-state index in [4.69, 9.17) is 14.2 Å². The largest absolute Gasteiger partial charge is 0.493 e. The van der Waals surface area contributed by atoms with Crippen molar-refractivity contribution in [3.05, 3.63) is 22.2 Å². The molecule has 1 N–H and O–H groups in total. The average Bonchev–Trinajstić information content (AvgIpc) is 2.44. The molecule has 2 fully saturated rings. The number of hydrogen-bond donors (Lipinski definition) is 1. The van der Waals surface area contributed by atoms with Crippen LogP contribution in [0.4, 0.5) is 0 Å². The van der Waals surface area contributed by atoms with Crippen molar-refractivity contribution >= 4 is 15.9 Å². The van der Waals surface area contributed by atoms with Crippen LogP contribution in [0.1, 0.15) is 30.9 Å². The molecule has 1 aliphatic heterocycles. The summed E-state index contributed by atoms with van der Waals surface area (Å²) in [4.78, 5) is 0. The summed E-state index contributed by atoms with van der Waals surface area (Å²) in [5, 5.41) is 3.36. The second-order valence-electron chi connectivity index (χ2n) is 5.26. The molecule has 3 rings (SSSR count). The molecule has 0 bridgehead atoms. The summed E-state index contributed by atoms with van der Waals surface area (Å²) >= 11 is 3.54. The van der Waals surface area contributed by atoms with Gasteiger partial charge in [0.05, 0.1) is 25.9 Å². The van der Waals surface area contributed by atoms with E-state index in [2.05, 4.69) is 27.3 Å². The van der Waals surface area contributed by atoms with Crippen molar-refractivity contribution < 1.29 is 14.2 Å². The highest BCUT2D eigenvalue weighted by Crippen LogP contribution is 2.41. The summed E-state index contributed by atoms with van der Waals surface area (Å²) < 4.78 is 18.5. The highest BCUT2D eigenvalue weighted by molar-refractivity contribution is 9.10. The fourth-order valence-corrected chi connectivity index (χ4v) is 2.98. The Morgan fingerprint density at radius 1 is 1.35 bits per heavy atom. The van der Waals surface area contributed by atoms with Crippen LogP contribution in [0.3, 0.4) is 0 Å². The molecule has 20 heavy (non-hydrogen) atoms. The summed E-state index contributed by atoms with van der Waals surface area (Å²) in [6.07, 6.45) is 3.84. The van der Waals surface area contributed by atoms with E-state index in [1.165, 1.54) is 6.42 Å². The predicted octanol–water partition coefficient (Wildman–Crippen LogP) is 3.05. The standard InChI is InChI=1S/C15H20BrNO3/c1-18-13-8-10(16)7-12(14-9-17-5-6-19-14)15(13)20-11-3-2-4-11/h7-8,11,14,17H,2-6,9H2,1H3. The van der Waals surface area contributed by atoms with Gasteiger partial charge >= 0.3 is 0 Å².